The monoisotopic (exact) mass is 385 g/mol. The van der Waals surface area contributed by atoms with Gasteiger partial charge in [-0.1, -0.05) is 48.5 Å². The summed E-state index contributed by atoms with van der Waals surface area (Å²) in [5.74, 6) is -0.824. The average Bonchev–Trinajstić information content (AvgIpc) is 2.99. The minimum atomic E-state index is -0.422. The minimum absolute atomic E-state index is 0.401. The molecule has 0 unspecified atom stereocenters. The van der Waals surface area contributed by atoms with Crippen molar-refractivity contribution in [2.75, 3.05) is 31.1 Å². The Kier molecular flexibility index (Phi) is 4.62. The van der Waals surface area contributed by atoms with Crippen LogP contribution in [0.4, 0.5) is 5.69 Å². The fourth-order valence-electron chi connectivity index (χ4n) is 4.48. The van der Waals surface area contributed by atoms with Crippen LogP contribution in [0.1, 0.15) is 21.5 Å². The van der Waals surface area contributed by atoms with Crippen LogP contribution < -0.4 is 10.2 Å². The molecule has 0 saturated carbocycles. The number of amides is 1. The maximum atomic E-state index is 12.2. The van der Waals surface area contributed by atoms with Gasteiger partial charge < -0.3 is 10.2 Å². The highest BCUT2D eigenvalue weighted by Crippen LogP contribution is 2.30. The number of nitrogens with one attached hydrogen (secondary N) is 1. The molecule has 5 nitrogen and oxygen atoms in total. The number of benzene rings is 3. The number of anilines is 1. The van der Waals surface area contributed by atoms with Gasteiger partial charge in [-0.25, -0.2) is 0 Å². The van der Waals surface area contributed by atoms with E-state index in [4.69, 9.17) is 0 Å². The van der Waals surface area contributed by atoms with Crippen LogP contribution in [0.5, 0.6) is 0 Å². The summed E-state index contributed by atoms with van der Waals surface area (Å²) in [4.78, 5) is 28.3. The van der Waals surface area contributed by atoms with Crippen molar-refractivity contribution in [1.82, 2.24) is 10.2 Å². The summed E-state index contributed by atoms with van der Waals surface area (Å²) < 4.78 is 0. The largest absolute Gasteiger partial charge is 0.314 e. The third kappa shape index (κ3) is 3.22. The van der Waals surface area contributed by atoms with Gasteiger partial charge in [0.15, 0.2) is 0 Å². The summed E-state index contributed by atoms with van der Waals surface area (Å²) in [6, 6.07) is 20.3. The van der Waals surface area contributed by atoms with Gasteiger partial charge in [-0.15, -0.1) is 0 Å². The van der Waals surface area contributed by atoms with Crippen molar-refractivity contribution in [2.24, 2.45) is 0 Å². The molecule has 3 aromatic rings. The Bertz CT molecular complexity index is 1070. The van der Waals surface area contributed by atoms with Crippen molar-refractivity contribution < 1.29 is 9.59 Å². The summed E-state index contributed by atoms with van der Waals surface area (Å²) in [7, 11) is 0. The molecule has 1 amide bonds. The standard InChI is InChI=1S/C24H23N3O2/c28-23-20-9-1-2-10-21(20)27(24(23)29)14-12-25-11-13-26-15-18-7-3-5-17-6-4-8-19(16-26)22(17)18/h1-10,25H,11-16H2. The average molecular weight is 385 g/mol. The first-order valence-corrected chi connectivity index (χ1v) is 10.1. The molecule has 2 aliphatic heterocycles. The van der Waals surface area contributed by atoms with Crippen LogP contribution in [-0.4, -0.2) is 42.8 Å². The molecule has 0 saturated heterocycles. The van der Waals surface area contributed by atoms with E-state index in [2.05, 4.69) is 46.6 Å². The van der Waals surface area contributed by atoms with Gasteiger partial charge in [0.1, 0.15) is 0 Å². The third-order valence-electron chi connectivity index (χ3n) is 5.86. The fraction of sp³-hybridized carbons (Fsp3) is 0.250. The van der Waals surface area contributed by atoms with Crippen molar-refractivity contribution in [3.05, 3.63) is 77.4 Å². The quantitative estimate of drug-likeness (QED) is 0.524. The molecule has 2 aliphatic rings. The molecule has 0 bridgehead atoms. The molecule has 5 heteroatoms. The third-order valence-corrected chi connectivity index (χ3v) is 5.86. The number of ketones is 1. The smallest absolute Gasteiger partial charge is 0.299 e. The van der Waals surface area contributed by atoms with Crippen molar-refractivity contribution in [1.29, 1.82) is 0 Å². The van der Waals surface area contributed by atoms with Crippen molar-refractivity contribution in [3.8, 4) is 0 Å². The number of hydrogen-bond donors (Lipinski definition) is 1. The fourth-order valence-corrected chi connectivity index (χ4v) is 4.48. The van der Waals surface area contributed by atoms with Crippen LogP contribution in [0.25, 0.3) is 10.8 Å². The Balaban J connectivity index is 1.15. The number of hydrogen-bond acceptors (Lipinski definition) is 4. The molecule has 1 N–H and O–H groups in total. The first-order chi connectivity index (χ1) is 14.2. The van der Waals surface area contributed by atoms with Crippen LogP contribution in [0.15, 0.2) is 60.7 Å². The highest BCUT2D eigenvalue weighted by molar-refractivity contribution is 6.52. The van der Waals surface area contributed by atoms with Gasteiger partial charge in [0.05, 0.1) is 11.3 Å². The normalized spacial score (nSPS) is 15.9. The molecule has 0 aromatic heterocycles. The second kappa shape index (κ2) is 7.43. The summed E-state index contributed by atoms with van der Waals surface area (Å²) in [6.07, 6.45) is 0. The summed E-state index contributed by atoms with van der Waals surface area (Å²) >= 11 is 0. The summed E-state index contributed by atoms with van der Waals surface area (Å²) in [6.45, 7) is 4.87. The topological polar surface area (TPSA) is 52.7 Å². The van der Waals surface area contributed by atoms with E-state index in [1.165, 1.54) is 21.9 Å². The zero-order valence-electron chi connectivity index (χ0n) is 16.2. The van der Waals surface area contributed by atoms with Crippen LogP contribution in [0.2, 0.25) is 0 Å². The Labute approximate surface area is 169 Å². The zero-order chi connectivity index (χ0) is 19.8. The van der Waals surface area contributed by atoms with Crippen LogP contribution >= 0.6 is 0 Å². The first kappa shape index (κ1) is 18.0. The molecule has 0 atom stereocenters. The number of Topliss-reactive ketones (excluding diaryl/α,β-unsaturated/α-hetero) is 1. The van der Waals surface area contributed by atoms with E-state index in [1.54, 1.807) is 17.0 Å². The van der Waals surface area contributed by atoms with Crippen molar-refractivity contribution >= 4 is 28.2 Å². The van der Waals surface area contributed by atoms with E-state index in [0.717, 1.165) is 31.9 Å². The van der Waals surface area contributed by atoms with Gasteiger partial charge in [-0.05, 0) is 34.0 Å². The Hall–Kier alpha value is -3.02. The van der Waals surface area contributed by atoms with Gasteiger partial charge >= 0.3 is 0 Å². The highest BCUT2D eigenvalue weighted by Gasteiger charge is 2.34. The number of para-hydroxylation sites is 1. The van der Waals surface area contributed by atoms with Crippen molar-refractivity contribution in [2.45, 2.75) is 13.1 Å². The van der Waals surface area contributed by atoms with E-state index in [-0.39, 0.29) is 0 Å². The molecule has 3 aromatic carbocycles. The number of rotatable bonds is 6. The molecule has 0 fully saturated rings. The van der Waals surface area contributed by atoms with Gasteiger partial charge in [0, 0.05) is 39.3 Å². The second-order valence-corrected chi connectivity index (χ2v) is 7.70. The number of fused-ring (bicyclic) bond motifs is 1. The summed E-state index contributed by atoms with van der Waals surface area (Å²) in [5, 5.41) is 6.16. The molecule has 146 valence electrons. The first-order valence-electron chi connectivity index (χ1n) is 10.1. The Morgan fingerprint density at radius 3 is 2.24 bits per heavy atom. The molecule has 0 radical (unpaired) electrons. The van der Waals surface area contributed by atoms with Gasteiger partial charge in [0.2, 0.25) is 0 Å². The van der Waals surface area contributed by atoms with Gasteiger partial charge in [-0.3, -0.25) is 14.5 Å². The second-order valence-electron chi connectivity index (χ2n) is 7.70. The lowest BCUT2D eigenvalue weighted by Crippen LogP contribution is -2.39. The van der Waals surface area contributed by atoms with Crippen LogP contribution in [0.3, 0.4) is 0 Å². The molecule has 2 heterocycles. The summed E-state index contributed by atoms with van der Waals surface area (Å²) in [5.41, 5.74) is 4.02. The van der Waals surface area contributed by atoms with Crippen molar-refractivity contribution in [3.63, 3.8) is 0 Å². The zero-order valence-corrected chi connectivity index (χ0v) is 16.2. The number of carbonyl (C=O) groups excluding carboxylic acids is 2. The Morgan fingerprint density at radius 2 is 1.48 bits per heavy atom. The minimum Gasteiger partial charge on any atom is -0.314 e. The Morgan fingerprint density at radius 1 is 0.793 bits per heavy atom. The van der Waals surface area contributed by atoms with Crippen LogP contribution in [-0.2, 0) is 17.9 Å². The van der Waals surface area contributed by atoms with E-state index < -0.39 is 11.7 Å². The molecule has 5 rings (SSSR count). The van der Waals surface area contributed by atoms with E-state index in [9.17, 15) is 9.59 Å². The predicted molar refractivity (Wildman–Crippen MR) is 114 cm³/mol. The maximum absolute atomic E-state index is 12.2. The van der Waals surface area contributed by atoms with E-state index in [1.807, 2.05) is 12.1 Å². The lowest BCUT2D eigenvalue weighted by atomic mass is 9.95. The lowest BCUT2D eigenvalue weighted by molar-refractivity contribution is -0.114. The maximum Gasteiger partial charge on any atom is 0.299 e. The van der Waals surface area contributed by atoms with Gasteiger partial charge in [0.25, 0.3) is 11.7 Å². The van der Waals surface area contributed by atoms with Crippen LogP contribution in [0, 0.1) is 0 Å². The number of nitrogens with zero attached hydrogens (tertiary/aromatic N) is 2. The molecule has 0 aliphatic carbocycles. The lowest BCUT2D eigenvalue weighted by Gasteiger charge is -2.29. The molecule has 0 spiro atoms. The van der Waals surface area contributed by atoms with Gasteiger partial charge in [-0.2, -0.15) is 0 Å². The highest BCUT2D eigenvalue weighted by atomic mass is 16.2. The SMILES string of the molecule is O=C1C(=O)N(CCNCCN2Cc3cccc4cccc(c34)C2)c2ccccc21. The van der Waals surface area contributed by atoms with E-state index in [0.29, 0.717) is 18.7 Å². The van der Waals surface area contributed by atoms with E-state index >= 15 is 0 Å². The molecular weight excluding hydrogens is 362 g/mol. The molecule has 29 heavy (non-hydrogen) atoms. The number of carbonyl (C=O) groups is 2. The molecular formula is C24H23N3O2. The predicted octanol–water partition coefficient (Wildman–Crippen LogP) is 2.97.